The summed E-state index contributed by atoms with van der Waals surface area (Å²) in [5.74, 6) is 0. The summed E-state index contributed by atoms with van der Waals surface area (Å²) in [5.41, 5.74) is 2.94. The third-order valence-corrected chi connectivity index (χ3v) is 0.974. The van der Waals surface area contributed by atoms with Gasteiger partial charge in [0.25, 0.3) is 0 Å². The van der Waals surface area contributed by atoms with E-state index < -0.39 is 0 Å². The maximum atomic E-state index is 2.94. The molecule has 1 N–H and O–H groups in total. The van der Waals surface area contributed by atoms with Crippen molar-refractivity contribution in [2.45, 2.75) is 0 Å². The van der Waals surface area contributed by atoms with Crippen LogP contribution in [0.15, 0.2) is 30.6 Å². The third kappa shape index (κ3) is 0.964. The summed E-state index contributed by atoms with van der Waals surface area (Å²) in [5, 5.41) is 0. The van der Waals surface area contributed by atoms with Crippen LogP contribution in [-0.2, 0) is 0 Å². The van der Waals surface area contributed by atoms with Crippen molar-refractivity contribution in [3.8, 4) is 0 Å². The molecular formula is C6H9N2+. The van der Waals surface area contributed by atoms with Crippen LogP contribution in [0.5, 0.6) is 0 Å². The first-order valence-corrected chi connectivity index (χ1v) is 2.57. The minimum Gasteiger partial charge on any atom is -0.196 e. The van der Waals surface area contributed by atoms with Crippen LogP contribution in [0.4, 0.5) is 0 Å². The number of hydrogen-bond acceptors (Lipinski definition) is 1. The Morgan fingerprint density at radius 2 is 1.75 bits per heavy atom. The Labute approximate surface area is 48.7 Å². The predicted octanol–water partition coefficient (Wildman–Crippen LogP) is 0.147. The highest BCUT2D eigenvalue weighted by molar-refractivity contribution is 4.83. The Hall–Kier alpha value is -1.05. The van der Waals surface area contributed by atoms with E-state index in [1.807, 2.05) is 42.3 Å². The lowest BCUT2D eigenvalue weighted by molar-refractivity contribution is -0.647. The van der Waals surface area contributed by atoms with Gasteiger partial charge in [0.15, 0.2) is 12.4 Å². The summed E-state index contributed by atoms with van der Waals surface area (Å²) in [6.45, 7) is 0. The van der Waals surface area contributed by atoms with Crippen LogP contribution in [0.25, 0.3) is 0 Å². The summed E-state index contributed by atoms with van der Waals surface area (Å²) in [6.07, 6.45) is 3.89. The second-order valence-electron chi connectivity index (χ2n) is 1.51. The first-order valence-electron chi connectivity index (χ1n) is 2.57. The van der Waals surface area contributed by atoms with Crippen LogP contribution in [0.1, 0.15) is 0 Å². The van der Waals surface area contributed by atoms with Crippen LogP contribution in [0.3, 0.4) is 0 Å². The van der Waals surface area contributed by atoms with Gasteiger partial charge in [-0.2, -0.15) is 5.43 Å². The van der Waals surface area contributed by atoms with Crippen molar-refractivity contribution in [2.24, 2.45) is 0 Å². The van der Waals surface area contributed by atoms with E-state index in [1.165, 1.54) is 0 Å². The Balaban J connectivity index is 2.83. The molecule has 1 aromatic rings. The molecule has 2 nitrogen and oxygen atoms in total. The minimum absolute atomic E-state index is 1.88. The summed E-state index contributed by atoms with van der Waals surface area (Å²) < 4.78 is 1.88. The normalized spacial score (nSPS) is 8.62. The highest BCUT2D eigenvalue weighted by Gasteiger charge is 1.85. The van der Waals surface area contributed by atoms with Gasteiger partial charge in [-0.05, 0) is 0 Å². The molecule has 0 bridgehead atoms. The number of nitrogens with one attached hydrogen (secondary N) is 1. The van der Waals surface area contributed by atoms with E-state index in [-0.39, 0.29) is 0 Å². The molecule has 0 radical (unpaired) electrons. The number of aromatic nitrogens is 1. The van der Waals surface area contributed by atoms with Gasteiger partial charge in [-0.1, -0.05) is 10.7 Å². The van der Waals surface area contributed by atoms with Gasteiger partial charge in [-0.3, -0.25) is 0 Å². The van der Waals surface area contributed by atoms with Crippen LogP contribution in [-0.4, -0.2) is 7.05 Å². The van der Waals surface area contributed by atoms with Gasteiger partial charge in [0, 0.05) is 12.1 Å². The highest BCUT2D eigenvalue weighted by atomic mass is 15.4. The van der Waals surface area contributed by atoms with E-state index in [1.54, 1.807) is 0 Å². The first kappa shape index (κ1) is 5.09. The molecule has 0 saturated carbocycles. The van der Waals surface area contributed by atoms with Crippen LogP contribution >= 0.6 is 0 Å². The van der Waals surface area contributed by atoms with Gasteiger partial charge in [-0.25, -0.2) is 0 Å². The predicted molar refractivity (Wildman–Crippen MR) is 31.9 cm³/mol. The Morgan fingerprint density at radius 1 is 1.12 bits per heavy atom. The van der Waals surface area contributed by atoms with Crippen LogP contribution in [0.2, 0.25) is 0 Å². The maximum Gasteiger partial charge on any atom is 0.199 e. The van der Waals surface area contributed by atoms with Crippen molar-refractivity contribution in [2.75, 3.05) is 12.5 Å². The van der Waals surface area contributed by atoms with E-state index in [0.717, 1.165) is 0 Å². The standard InChI is InChI=1S/C6H9N2/c1-7-8-5-3-2-4-6-8/h2-7H,1H3/q+1. The Morgan fingerprint density at radius 3 is 2.12 bits per heavy atom. The molecule has 0 aromatic carbocycles. The molecule has 2 heteroatoms. The lowest BCUT2D eigenvalue weighted by Gasteiger charge is -1.86. The fraction of sp³-hybridized carbons (Fsp3) is 0.167. The molecule has 0 aliphatic rings. The Bertz CT molecular complexity index is 148. The summed E-state index contributed by atoms with van der Waals surface area (Å²) in [4.78, 5) is 0. The number of rotatable bonds is 1. The molecule has 0 spiro atoms. The summed E-state index contributed by atoms with van der Waals surface area (Å²) in [7, 11) is 1.88. The molecule has 42 valence electrons. The number of hydrogen-bond donors (Lipinski definition) is 1. The number of pyridine rings is 1. The summed E-state index contributed by atoms with van der Waals surface area (Å²) >= 11 is 0. The van der Waals surface area contributed by atoms with Gasteiger partial charge in [0.2, 0.25) is 0 Å². The van der Waals surface area contributed by atoms with Crippen molar-refractivity contribution < 1.29 is 4.68 Å². The molecule has 8 heavy (non-hydrogen) atoms. The molecule has 1 rings (SSSR count). The second kappa shape index (κ2) is 2.31. The molecule has 1 heterocycles. The molecule has 0 unspecified atom stereocenters. The fourth-order valence-electron chi connectivity index (χ4n) is 0.548. The first-order chi connectivity index (χ1) is 3.93. The molecule has 1 aromatic heterocycles. The van der Waals surface area contributed by atoms with Gasteiger partial charge in [-0.15, -0.1) is 0 Å². The Kier molecular flexibility index (Phi) is 1.47. The molecule has 0 atom stereocenters. The number of nitrogens with zero attached hydrogens (tertiary/aromatic N) is 1. The molecule has 0 amide bonds. The smallest absolute Gasteiger partial charge is 0.196 e. The van der Waals surface area contributed by atoms with Gasteiger partial charge in [0.1, 0.15) is 0 Å². The topological polar surface area (TPSA) is 15.9 Å². The van der Waals surface area contributed by atoms with Crippen molar-refractivity contribution in [3.05, 3.63) is 30.6 Å². The molecule has 0 fully saturated rings. The zero-order valence-electron chi connectivity index (χ0n) is 4.83. The van der Waals surface area contributed by atoms with E-state index in [0.29, 0.717) is 0 Å². The molecule has 0 aliphatic carbocycles. The van der Waals surface area contributed by atoms with E-state index in [9.17, 15) is 0 Å². The van der Waals surface area contributed by atoms with Gasteiger partial charge in [0.05, 0.1) is 7.05 Å². The molecular weight excluding hydrogens is 100 g/mol. The van der Waals surface area contributed by atoms with Gasteiger partial charge < -0.3 is 0 Å². The van der Waals surface area contributed by atoms with Crippen molar-refractivity contribution in [3.63, 3.8) is 0 Å². The van der Waals surface area contributed by atoms with Gasteiger partial charge >= 0.3 is 0 Å². The largest absolute Gasteiger partial charge is 0.199 e. The molecule has 0 saturated heterocycles. The SMILES string of the molecule is CN[n+]1ccccc1. The average Bonchev–Trinajstić information content (AvgIpc) is 1.90. The van der Waals surface area contributed by atoms with Crippen molar-refractivity contribution in [1.29, 1.82) is 0 Å². The van der Waals surface area contributed by atoms with E-state index >= 15 is 0 Å². The second-order valence-corrected chi connectivity index (χ2v) is 1.51. The van der Waals surface area contributed by atoms with E-state index in [2.05, 4.69) is 5.43 Å². The van der Waals surface area contributed by atoms with Crippen LogP contribution < -0.4 is 10.1 Å². The van der Waals surface area contributed by atoms with Crippen molar-refractivity contribution in [1.82, 2.24) is 0 Å². The average molecular weight is 109 g/mol. The maximum absolute atomic E-state index is 2.94. The fourth-order valence-corrected chi connectivity index (χ4v) is 0.548. The zero-order valence-corrected chi connectivity index (χ0v) is 4.83. The third-order valence-electron chi connectivity index (χ3n) is 0.974. The lowest BCUT2D eigenvalue weighted by atomic mass is 10.5. The quantitative estimate of drug-likeness (QED) is 0.507. The molecule has 0 aliphatic heterocycles. The lowest BCUT2D eigenvalue weighted by Crippen LogP contribution is -2.41. The van der Waals surface area contributed by atoms with Crippen LogP contribution in [0, 0.1) is 0 Å². The summed E-state index contributed by atoms with van der Waals surface area (Å²) in [6, 6.07) is 5.92. The van der Waals surface area contributed by atoms with E-state index in [4.69, 9.17) is 0 Å². The minimum atomic E-state index is 1.88. The zero-order chi connectivity index (χ0) is 5.82. The van der Waals surface area contributed by atoms with Crippen molar-refractivity contribution >= 4 is 0 Å². The highest BCUT2D eigenvalue weighted by Crippen LogP contribution is 1.72. The monoisotopic (exact) mass is 109 g/mol.